The molecule has 1 fully saturated rings. The number of benzene rings is 1. The first-order chi connectivity index (χ1) is 10.1. The van der Waals surface area contributed by atoms with Gasteiger partial charge in [0.1, 0.15) is 0 Å². The van der Waals surface area contributed by atoms with E-state index in [0.717, 1.165) is 18.5 Å². The van der Waals surface area contributed by atoms with Gasteiger partial charge in [-0.05, 0) is 17.9 Å². The van der Waals surface area contributed by atoms with Crippen LogP contribution in [-0.4, -0.2) is 29.8 Å². The van der Waals surface area contributed by atoms with Crippen LogP contribution >= 0.6 is 0 Å². The fourth-order valence-corrected chi connectivity index (χ4v) is 2.51. The van der Waals surface area contributed by atoms with Crippen LogP contribution in [0.5, 0.6) is 0 Å². The Morgan fingerprint density at radius 3 is 2.71 bits per heavy atom. The quantitative estimate of drug-likeness (QED) is 0.872. The van der Waals surface area contributed by atoms with Gasteiger partial charge in [-0.15, -0.1) is 0 Å². The van der Waals surface area contributed by atoms with E-state index in [4.69, 9.17) is 0 Å². The van der Waals surface area contributed by atoms with E-state index in [9.17, 15) is 9.59 Å². The average Bonchev–Trinajstić information content (AvgIpc) is 2.85. The Bertz CT molecular complexity index is 485. The molecule has 1 aromatic carbocycles. The lowest BCUT2D eigenvalue weighted by Crippen LogP contribution is -2.33. The largest absolute Gasteiger partial charge is 0.352 e. The second-order valence-corrected chi connectivity index (χ2v) is 6.13. The highest BCUT2D eigenvalue weighted by Crippen LogP contribution is 2.19. The molecule has 0 aromatic heterocycles. The zero-order valence-corrected chi connectivity index (χ0v) is 12.8. The molecule has 1 saturated heterocycles. The van der Waals surface area contributed by atoms with Crippen molar-refractivity contribution < 1.29 is 9.59 Å². The highest BCUT2D eigenvalue weighted by atomic mass is 16.2. The molecule has 114 valence electrons. The summed E-state index contributed by atoms with van der Waals surface area (Å²) in [5, 5.41) is 2.93. The molecule has 0 spiro atoms. The Balaban J connectivity index is 1.80. The van der Waals surface area contributed by atoms with Crippen LogP contribution in [0.25, 0.3) is 0 Å². The van der Waals surface area contributed by atoms with Crippen molar-refractivity contribution in [2.75, 3.05) is 13.1 Å². The van der Waals surface area contributed by atoms with Crippen LogP contribution in [0.15, 0.2) is 30.3 Å². The van der Waals surface area contributed by atoms with Gasteiger partial charge in [0.05, 0.1) is 5.92 Å². The van der Waals surface area contributed by atoms with Crippen molar-refractivity contribution in [1.29, 1.82) is 0 Å². The van der Waals surface area contributed by atoms with Crippen LogP contribution in [0.4, 0.5) is 0 Å². The molecule has 2 rings (SSSR count). The minimum atomic E-state index is -0.201. The smallest absolute Gasteiger partial charge is 0.225 e. The van der Waals surface area contributed by atoms with Gasteiger partial charge in [-0.2, -0.15) is 0 Å². The molecule has 0 saturated carbocycles. The summed E-state index contributed by atoms with van der Waals surface area (Å²) < 4.78 is 0. The molecule has 0 bridgehead atoms. The lowest BCUT2D eigenvalue weighted by molar-refractivity contribution is -0.129. The van der Waals surface area contributed by atoms with Gasteiger partial charge >= 0.3 is 0 Å². The summed E-state index contributed by atoms with van der Waals surface area (Å²) in [6.45, 7) is 6.14. The van der Waals surface area contributed by atoms with Crippen molar-refractivity contribution in [1.82, 2.24) is 10.2 Å². The number of rotatable bonds is 6. The van der Waals surface area contributed by atoms with E-state index < -0.39 is 0 Å². The number of hydrogen-bond acceptors (Lipinski definition) is 2. The van der Waals surface area contributed by atoms with E-state index in [1.807, 2.05) is 35.2 Å². The molecule has 1 aliphatic heterocycles. The Morgan fingerprint density at radius 2 is 2.05 bits per heavy atom. The molecule has 1 N–H and O–H groups in total. The van der Waals surface area contributed by atoms with Crippen molar-refractivity contribution in [2.45, 2.75) is 33.2 Å². The normalized spacial score (nSPS) is 18.3. The molecule has 1 aliphatic rings. The predicted octanol–water partition coefficient (Wildman–Crippen LogP) is 2.20. The summed E-state index contributed by atoms with van der Waals surface area (Å²) in [4.78, 5) is 25.9. The predicted molar refractivity (Wildman–Crippen MR) is 82.4 cm³/mol. The summed E-state index contributed by atoms with van der Waals surface area (Å²) in [5.74, 6) is 0.465. The van der Waals surface area contributed by atoms with Gasteiger partial charge in [-0.1, -0.05) is 44.2 Å². The fourth-order valence-electron chi connectivity index (χ4n) is 2.51. The lowest BCUT2D eigenvalue weighted by atomic mass is 10.1. The monoisotopic (exact) mass is 288 g/mol. The number of carbonyl (C=O) groups excluding carboxylic acids is 2. The third-order valence-corrected chi connectivity index (χ3v) is 3.87. The van der Waals surface area contributed by atoms with Crippen molar-refractivity contribution in [3.8, 4) is 0 Å². The Hall–Kier alpha value is -1.84. The maximum absolute atomic E-state index is 12.2. The van der Waals surface area contributed by atoms with Crippen molar-refractivity contribution in [2.24, 2.45) is 11.8 Å². The molecular formula is C17H24N2O2. The van der Waals surface area contributed by atoms with Gasteiger partial charge in [-0.25, -0.2) is 0 Å². The number of nitrogens with one attached hydrogen (secondary N) is 1. The average molecular weight is 288 g/mol. The molecule has 4 heteroatoms. The van der Waals surface area contributed by atoms with E-state index >= 15 is 0 Å². The summed E-state index contributed by atoms with van der Waals surface area (Å²) in [6.07, 6.45) is 1.34. The van der Waals surface area contributed by atoms with Gasteiger partial charge in [0.25, 0.3) is 0 Å². The summed E-state index contributed by atoms with van der Waals surface area (Å²) >= 11 is 0. The molecule has 4 nitrogen and oxygen atoms in total. The van der Waals surface area contributed by atoms with Gasteiger partial charge in [0.2, 0.25) is 11.8 Å². The topological polar surface area (TPSA) is 49.4 Å². The first-order valence-corrected chi connectivity index (χ1v) is 7.65. The lowest BCUT2D eigenvalue weighted by Gasteiger charge is -2.17. The number of amides is 2. The fraction of sp³-hybridized carbons (Fsp3) is 0.529. The Morgan fingerprint density at radius 1 is 1.33 bits per heavy atom. The molecule has 1 aromatic rings. The maximum atomic E-state index is 12.2. The summed E-state index contributed by atoms with van der Waals surface area (Å²) in [5.41, 5.74) is 1.08. The minimum Gasteiger partial charge on any atom is -0.352 e. The second kappa shape index (κ2) is 7.25. The third kappa shape index (κ3) is 4.59. The van der Waals surface area contributed by atoms with E-state index in [1.54, 1.807) is 0 Å². The summed E-state index contributed by atoms with van der Waals surface area (Å²) in [6, 6.07) is 9.82. The highest BCUT2D eigenvalue weighted by Gasteiger charge is 2.33. The van der Waals surface area contributed by atoms with Gasteiger partial charge in [-0.3, -0.25) is 9.59 Å². The van der Waals surface area contributed by atoms with Gasteiger partial charge in [0.15, 0.2) is 0 Å². The zero-order valence-electron chi connectivity index (χ0n) is 12.8. The molecule has 1 atom stereocenters. The number of likely N-dealkylation sites (tertiary alicyclic amines) is 1. The van der Waals surface area contributed by atoms with Gasteiger partial charge < -0.3 is 10.2 Å². The third-order valence-electron chi connectivity index (χ3n) is 3.87. The van der Waals surface area contributed by atoms with Crippen LogP contribution in [0.2, 0.25) is 0 Å². The first-order valence-electron chi connectivity index (χ1n) is 7.65. The first kappa shape index (κ1) is 15.5. The van der Waals surface area contributed by atoms with Crippen molar-refractivity contribution in [3.05, 3.63) is 35.9 Å². The molecule has 0 radical (unpaired) electrons. The minimum absolute atomic E-state index is 0.0146. The number of hydrogen-bond donors (Lipinski definition) is 1. The van der Waals surface area contributed by atoms with E-state index in [2.05, 4.69) is 19.2 Å². The second-order valence-electron chi connectivity index (χ2n) is 6.13. The SMILES string of the molecule is CC(C)CCN1C[C@@H](C(=O)NCc2ccccc2)CC1=O. The van der Waals surface area contributed by atoms with Crippen LogP contribution in [0.1, 0.15) is 32.3 Å². The van der Waals surface area contributed by atoms with Crippen molar-refractivity contribution >= 4 is 11.8 Å². The molecule has 0 unspecified atom stereocenters. The zero-order chi connectivity index (χ0) is 15.2. The number of nitrogens with zero attached hydrogens (tertiary/aromatic N) is 1. The summed E-state index contributed by atoms with van der Waals surface area (Å²) in [7, 11) is 0. The molecule has 0 aliphatic carbocycles. The Kier molecular flexibility index (Phi) is 5.37. The van der Waals surface area contributed by atoms with Crippen LogP contribution in [-0.2, 0) is 16.1 Å². The van der Waals surface area contributed by atoms with E-state index in [-0.39, 0.29) is 17.7 Å². The number of carbonyl (C=O) groups is 2. The van der Waals surface area contributed by atoms with Crippen LogP contribution in [0.3, 0.4) is 0 Å². The van der Waals surface area contributed by atoms with Crippen LogP contribution < -0.4 is 5.32 Å². The van der Waals surface area contributed by atoms with Gasteiger partial charge in [0, 0.05) is 26.1 Å². The highest BCUT2D eigenvalue weighted by molar-refractivity contribution is 5.89. The maximum Gasteiger partial charge on any atom is 0.225 e. The van der Waals surface area contributed by atoms with E-state index in [1.165, 1.54) is 0 Å². The van der Waals surface area contributed by atoms with E-state index in [0.29, 0.717) is 25.4 Å². The molecule has 2 amide bonds. The van der Waals surface area contributed by atoms with Crippen molar-refractivity contribution in [3.63, 3.8) is 0 Å². The standard InChI is InChI=1S/C17H24N2O2/c1-13(2)8-9-19-12-15(10-16(19)20)17(21)18-11-14-6-4-3-5-7-14/h3-7,13,15H,8-12H2,1-2H3,(H,18,21)/t15-/m0/s1. The molecule has 1 heterocycles. The molecule has 21 heavy (non-hydrogen) atoms. The molecular weight excluding hydrogens is 264 g/mol. The van der Waals surface area contributed by atoms with Crippen LogP contribution in [0, 0.1) is 11.8 Å². The Labute approximate surface area is 126 Å².